The number of carbonyl (C=O) groups is 2. The zero-order valence-electron chi connectivity index (χ0n) is 13.9. The molecule has 1 aromatic heterocycles. The van der Waals surface area contributed by atoms with E-state index >= 15 is 0 Å². The van der Waals surface area contributed by atoms with Gasteiger partial charge in [0, 0.05) is 11.3 Å². The van der Waals surface area contributed by atoms with Crippen LogP contribution in [0.4, 0.5) is 0 Å². The Morgan fingerprint density at radius 2 is 2.00 bits per heavy atom. The predicted octanol–water partition coefficient (Wildman–Crippen LogP) is 2.13. The molecule has 24 heavy (non-hydrogen) atoms. The molecule has 6 nitrogen and oxygen atoms in total. The number of nitrogens with zero attached hydrogens (tertiary/aromatic N) is 2. The summed E-state index contributed by atoms with van der Waals surface area (Å²) < 4.78 is 1.82. The fourth-order valence-electron chi connectivity index (χ4n) is 3.03. The lowest BCUT2D eigenvalue weighted by Gasteiger charge is -2.08. The monoisotopic (exact) mass is 327 g/mol. The molecule has 1 aliphatic rings. The van der Waals surface area contributed by atoms with E-state index in [4.69, 9.17) is 5.11 Å². The lowest BCUT2D eigenvalue weighted by molar-refractivity contribution is -0.138. The van der Waals surface area contributed by atoms with Crippen molar-refractivity contribution in [2.24, 2.45) is 0 Å². The smallest absolute Gasteiger partial charge is 0.325 e. The lowest BCUT2D eigenvalue weighted by atomic mass is 10.1. The topological polar surface area (TPSA) is 84.2 Å². The molecule has 126 valence electrons. The third-order valence-corrected chi connectivity index (χ3v) is 4.45. The van der Waals surface area contributed by atoms with Crippen LogP contribution >= 0.6 is 0 Å². The Morgan fingerprint density at radius 1 is 1.29 bits per heavy atom. The third kappa shape index (κ3) is 2.91. The van der Waals surface area contributed by atoms with E-state index in [1.54, 1.807) is 0 Å². The molecule has 2 aromatic rings. The standard InChI is InChI=1S/C18H21N3O3/c1-3-12-7-9-13(10-8-12)21-15-6-4-5-14(15)16(20-21)17(22)19-11(2)18(23)24/h7-11H,3-6H2,1-2H3,(H,19,22)(H,23,24). The highest BCUT2D eigenvalue weighted by Gasteiger charge is 2.28. The summed E-state index contributed by atoms with van der Waals surface area (Å²) in [4.78, 5) is 23.4. The van der Waals surface area contributed by atoms with Gasteiger partial charge in [0.15, 0.2) is 5.69 Å². The SMILES string of the molecule is CCc1ccc(-n2nc(C(=O)NC(C)C(=O)O)c3c2CCC3)cc1. The highest BCUT2D eigenvalue weighted by atomic mass is 16.4. The second-order valence-electron chi connectivity index (χ2n) is 6.09. The van der Waals surface area contributed by atoms with E-state index in [2.05, 4.69) is 29.5 Å². The molecule has 1 amide bonds. The second kappa shape index (κ2) is 6.47. The van der Waals surface area contributed by atoms with Crippen molar-refractivity contribution in [1.82, 2.24) is 15.1 Å². The van der Waals surface area contributed by atoms with Crippen LogP contribution in [0.5, 0.6) is 0 Å². The zero-order valence-corrected chi connectivity index (χ0v) is 13.9. The summed E-state index contributed by atoms with van der Waals surface area (Å²) in [6, 6.07) is 7.19. The maximum atomic E-state index is 12.4. The summed E-state index contributed by atoms with van der Waals surface area (Å²) >= 11 is 0. The molecule has 0 bridgehead atoms. The van der Waals surface area contributed by atoms with Gasteiger partial charge < -0.3 is 10.4 Å². The molecule has 0 aliphatic heterocycles. The van der Waals surface area contributed by atoms with Crippen molar-refractivity contribution >= 4 is 11.9 Å². The average molecular weight is 327 g/mol. The van der Waals surface area contributed by atoms with Crippen molar-refractivity contribution < 1.29 is 14.7 Å². The molecular weight excluding hydrogens is 306 g/mol. The molecule has 0 saturated heterocycles. The number of aromatic nitrogens is 2. The molecule has 1 unspecified atom stereocenters. The van der Waals surface area contributed by atoms with Crippen molar-refractivity contribution in [2.45, 2.75) is 45.6 Å². The maximum absolute atomic E-state index is 12.4. The first-order chi connectivity index (χ1) is 11.5. The minimum absolute atomic E-state index is 0.343. The molecule has 1 aromatic carbocycles. The molecule has 0 fully saturated rings. The number of benzene rings is 1. The van der Waals surface area contributed by atoms with Crippen LogP contribution in [0.2, 0.25) is 0 Å². The van der Waals surface area contributed by atoms with E-state index < -0.39 is 17.9 Å². The Morgan fingerprint density at radius 3 is 2.62 bits per heavy atom. The molecule has 1 aliphatic carbocycles. The number of aryl methyl sites for hydroxylation is 1. The zero-order chi connectivity index (χ0) is 17.3. The van der Waals surface area contributed by atoms with E-state index in [1.165, 1.54) is 12.5 Å². The van der Waals surface area contributed by atoms with E-state index in [-0.39, 0.29) is 0 Å². The van der Waals surface area contributed by atoms with Gasteiger partial charge in [0.05, 0.1) is 5.69 Å². The first-order valence-corrected chi connectivity index (χ1v) is 8.25. The number of carbonyl (C=O) groups excluding carboxylic acids is 1. The van der Waals surface area contributed by atoms with Gasteiger partial charge in [-0.25, -0.2) is 4.68 Å². The molecule has 2 N–H and O–H groups in total. The Bertz CT molecular complexity index is 778. The fraction of sp³-hybridized carbons (Fsp3) is 0.389. The molecule has 3 rings (SSSR count). The van der Waals surface area contributed by atoms with E-state index in [0.29, 0.717) is 5.69 Å². The van der Waals surface area contributed by atoms with Gasteiger partial charge in [-0.3, -0.25) is 9.59 Å². The number of carboxylic acids is 1. The summed E-state index contributed by atoms with van der Waals surface area (Å²) in [5, 5.41) is 15.9. The van der Waals surface area contributed by atoms with Gasteiger partial charge in [0.1, 0.15) is 6.04 Å². The minimum Gasteiger partial charge on any atom is -0.480 e. The largest absolute Gasteiger partial charge is 0.480 e. The minimum atomic E-state index is -1.06. The van der Waals surface area contributed by atoms with Crippen LogP contribution in [0.1, 0.15) is 47.6 Å². The van der Waals surface area contributed by atoms with Crippen LogP contribution in [-0.4, -0.2) is 32.8 Å². The summed E-state index contributed by atoms with van der Waals surface area (Å²) in [7, 11) is 0. The van der Waals surface area contributed by atoms with Crippen LogP contribution in [0.3, 0.4) is 0 Å². The second-order valence-corrected chi connectivity index (χ2v) is 6.09. The maximum Gasteiger partial charge on any atom is 0.325 e. The summed E-state index contributed by atoms with van der Waals surface area (Å²) in [6.07, 6.45) is 3.62. The summed E-state index contributed by atoms with van der Waals surface area (Å²) in [5.74, 6) is -1.48. The van der Waals surface area contributed by atoms with Gasteiger partial charge in [-0.05, 0) is 50.3 Å². The number of fused-ring (bicyclic) bond motifs is 1. The molecular formula is C18H21N3O3. The molecule has 0 radical (unpaired) electrons. The summed E-state index contributed by atoms with van der Waals surface area (Å²) in [6.45, 7) is 3.55. The summed E-state index contributed by atoms with van der Waals surface area (Å²) in [5.41, 5.74) is 4.50. The Hall–Kier alpha value is -2.63. The van der Waals surface area contributed by atoms with Crippen LogP contribution in [-0.2, 0) is 24.1 Å². The van der Waals surface area contributed by atoms with Gasteiger partial charge in [0.2, 0.25) is 0 Å². The number of nitrogens with one attached hydrogen (secondary N) is 1. The van der Waals surface area contributed by atoms with Crippen molar-refractivity contribution in [3.05, 3.63) is 46.8 Å². The Kier molecular flexibility index (Phi) is 4.38. The number of aliphatic carboxylic acids is 1. The van der Waals surface area contributed by atoms with E-state index in [1.807, 2.05) is 16.8 Å². The molecule has 0 spiro atoms. The average Bonchev–Trinajstić information content (AvgIpc) is 3.17. The molecule has 1 heterocycles. The van der Waals surface area contributed by atoms with E-state index in [9.17, 15) is 9.59 Å². The van der Waals surface area contributed by atoms with Gasteiger partial charge in [-0.15, -0.1) is 0 Å². The van der Waals surface area contributed by atoms with Crippen molar-refractivity contribution in [3.8, 4) is 5.69 Å². The number of carboxylic acid groups (broad SMARTS) is 1. The number of amides is 1. The van der Waals surface area contributed by atoms with Crippen LogP contribution in [0.25, 0.3) is 5.69 Å². The molecule has 6 heteroatoms. The predicted molar refractivity (Wildman–Crippen MR) is 89.5 cm³/mol. The van der Waals surface area contributed by atoms with E-state index in [0.717, 1.165) is 42.6 Å². The van der Waals surface area contributed by atoms with Crippen LogP contribution in [0, 0.1) is 0 Å². The first-order valence-electron chi connectivity index (χ1n) is 8.25. The molecule has 0 saturated carbocycles. The Labute approximate surface area is 140 Å². The van der Waals surface area contributed by atoms with Gasteiger partial charge in [0.25, 0.3) is 5.91 Å². The highest BCUT2D eigenvalue weighted by Crippen LogP contribution is 2.28. The van der Waals surface area contributed by atoms with Crippen LogP contribution in [0.15, 0.2) is 24.3 Å². The van der Waals surface area contributed by atoms with Gasteiger partial charge >= 0.3 is 5.97 Å². The van der Waals surface area contributed by atoms with Crippen molar-refractivity contribution in [1.29, 1.82) is 0 Å². The fourth-order valence-corrected chi connectivity index (χ4v) is 3.03. The van der Waals surface area contributed by atoms with Gasteiger partial charge in [-0.1, -0.05) is 19.1 Å². The van der Waals surface area contributed by atoms with Gasteiger partial charge in [-0.2, -0.15) is 5.10 Å². The number of hydrogen-bond donors (Lipinski definition) is 2. The highest BCUT2D eigenvalue weighted by molar-refractivity contribution is 5.96. The quantitative estimate of drug-likeness (QED) is 0.881. The number of hydrogen-bond acceptors (Lipinski definition) is 3. The molecule has 1 atom stereocenters. The third-order valence-electron chi connectivity index (χ3n) is 4.45. The number of rotatable bonds is 5. The van der Waals surface area contributed by atoms with Crippen molar-refractivity contribution in [2.75, 3.05) is 0 Å². The van der Waals surface area contributed by atoms with Crippen LogP contribution < -0.4 is 5.32 Å². The first kappa shape index (κ1) is 16.2. The van der Waals surface area contributed by atoms with Crippen molar-refractivity contribution in [3.63, 3.8) is 0 Å². The Balaban J connectivity index is 1.95. The lowest BCUT2D eigenvalue weighted by Crippen LogP contribution is -2.38. The normalized spacial score (nSPS) is 14.2.